The highest BCUT2D eigenvalue weighted by molar-refractivity contribution is 9.10. The van der Waals surface area contributed by atoms with Gasteiger partial charge in [0.15, 0.2) is 0 Å². The van der Waals surface area contributed by atoms with Crippen LogP contribution in [0.3, 0.4) is 0 Å². The van der Waals surface area contributed by atoms with Crippen molar-refractivity contribution in [2.45, 2.75) is 19.8 Å². The van der Waals surface area contributed by atoms with Crippen LogP contribution in [0.15, 0.2) is 88.0 Å². The number of hydrogen-bond donors (Lipinski definition) is 1. The maximum Gasteiger partial charge on any atom is 0.142 e. The van der Waals surface area contributed by atoms with Crippen LogP contribution >= 0.6 is 27.5 Å². The summed E-state index contributed by atoms with van der Waals surface area (Å²) in [5, 5.41) is 8.31. The average molecular weight is 551 g/mol. The van der Waals surface area contributed by atoms with Gasteiger partial charge in [-0.15, -0.1) is 0 Å². The van der Waals surface area contributed by atoms with Crippen LogP contribution in [0.25, 0.3) is 22.2 Å². The third-order valence-corrected chi connectivity index (χ3v) is 6.87. The van der Waals surface area contributed by atoms with E-state index >= 15 is 0 Å². The molecule has 6 nitrogen and oxygen atoms in total. The van der Waals surface area contributed by atoms with Crippen LogP contribution in [-0.4, -0.2) is 10.3 Å². The van der Waals surface area contributed by atoms with E-state index in [2.05, 4.69) is 44.4 Å². The molecule has 0 spiro atoms. The Morgan fingerprint density at radius 3 is 2.37 bits per heavy atom. The summed E-state index contributed by atoms with van der Waals surface area (Å²) in [6.07, 6.45) is 0. The molecule has 0 radical (unpaired) electrons. The third-order valence-electron chi connectivity index (χ3n) is 5.63. The number of nitrogens with two attached hydrogens (primary N) is 1. The number of aromatic nitrogens is 2. The van der Waals surface area contributed by atoms with Gasteiger partial charge in [-0.1, -0.05) is 72.3 Å². The molecular weight excluding hydrogens is 530 g/mol. The summed E-state index contributed by atoms with van der Waals surface area (Å²) in [6.45, 7) is 0.867. The van der Waals surface area contributed by atoms with Gasteiger partial charge in [0.25, 0.3) is 0 Å². The molecule has 0 atom stereocenters. The predicted molar refractivity (Wildman–Crippen MR) is 139 cm³/mol. The van der Waals surface area contributed by atoms with Crippen LogP contribution in [0, 0.1) is 0 Å². The molecule has 176 valence electrons. The minimum atomic E-state index is 0.268. The first-order chi connectivity index (χ1) is 17.1. The topological polar surface area (TPSA) is 83.4 Å². The Labute approximate surface area is 215 Å². The lowest BCUT2D eigenvalue weighted by Crippen LogP contribution is -2.05. The highest BCUT2D eigenvalue weighted by atomic mass is 79.9. The van der Waals surface area contributed by atoms with Gasteiger partial charge >= 0.3 is 0 Å². The van der Waals surface area contributed by atoms with Crippen molar-refractivity contribution in [1.82, 2.24) is 10.3 Å². The predicted octanol–water partition coefficient (Wildman–Crippen LogP) is 6.92. The highest BCUT2D eigenvalue weighted by Crippen LogP contribution is 2.36. The number of nitrogens with zero attached hydrogens (tertiary/aromatic N) is 2. The minimum Gasteiger partial charge on any atom is -0.488 e. The first kappa shape index (κ1) is 23.4. The molecule has 1 aromatic heterocycles. The molecule has 5 aromatic rings. The molecular formula is C27H21BrClN3O3. The molecule has 0 aliphatic carbocycles. The van der Waals surface area contributed by atoms with Gasteiger partial charge in [-0.25, -0.2) is 4.63 Å². The monoisotopic (exact) mass is 549 g/mol. The molecule has 4 aromatic carbocycles. The summed E-state index contributed by atoms with van der Waals surface area (Å²) in [6, 6.07) is 25.5. The molecule has 0 aliphatic rings. The van der Waals surface area contributed by atoms with Gasteiger partial charge in [-0.3, -0.25) is 0 Å². The summed E-state index contributed by atoms with van der Waals surface area (Å²) >= 11 is 10.3. The lowest BCUT2D eigenvalue weighted by atomic mass is 10.0. The van der Waals surface area contributed by atoms with Crippen molar-refractivity contribution >= 4 is 38.6 Å². The van der Waals surface area contributed by atoms with E-state index in [1.807, 2.05) is 48.5 Å². The third kappa shape index (κ3) is 5.03. The van der Waals surface area contributed by atoms with Gasteiger partial charge in [0, 0.05) is 33.8 Å². The number of ether oxygens (including phenoxy) is 2. The van der Waals surface area contributed by atoms with Crippen LogP contribution in [-0.2, 0) is 19.8 Å². The van der Waals surface area contributed by atoms with E-state index in [1.54, 1.807) is 12.1 Å². The van der Waals surface area contributed by atoms with Crippen molar-refractivity contribution in [3.8, 4) is 22.6 Å². The van der Waals surface area contributed by atoms with Crippen molar-refractivity contribution < 1.29 is 14.1 Å². The molecule has 0 saturated carbocycles. The lowest BCUT2D eigenvalue weighted by Gasteiger charge is -2.16. The van der Waals surface area contributed by atoms with Crippen LogP contribution < -0.4 is 15.2 Å². The number of hydrogen-bond acceptors (Lipinski definition) is 6. The Bertz CT molecular complexity index is 1470. The van der Waals surface area contributed by atoms with Gasteiger partial charge in [0.2, 0.25) is 0 Å². The molecule has 0 bridgehead atoms. The standard InChI is InChI=1S/C27H21BrClN3O3/c28-26-18(8-4-10-21(26)17-6-2-1-3-7-17)15-34-25-13-24(20(14-30)12-22(25)29)33-16-19-9-5-11-23-27(19)32-35-31-23/h1-13H,14-16,30H2. The van der Waals surface area contributed by atoms with Crippen molar-refractivity contribution in [3.05, 3.63) is 105 Å². The maximum atomic E-state index is 6.52. The number of halogens is 2. The molecule has 2 N–H and O–H groups in total. The molecule has 0 aliphatic heterocycles. The van der Waals surface area contributed by atoms with E-state index in [4.69, 9.17) is 31.4 Å². The van der Waals surface area contributed by atoms with Crippen LogP contribution in [0.1, 0.15) is 16.7 Å². The molecule has 5 rings (SSSR count). The normalized spacial score (nSPS) is 11.1. The fraction of sp³-hybridized carbons (Fsp3) is 0.111. The SMILES string of the molecule is NCc1cc(Cl)c(OCc2cccc(-c3ccccc3)c2Br)cc1OCc1cccc2nonc12. The Morgan fingerprint density at radius 1 is 0.800 bits per heavy atom. The van der Waals surface area contributed by atoms with Gasteiger partial charge in [-0.05, 0) is 49.5 Å². The first-order valence-electron chi connectivity index (χ1n) is 10.9. The molecule has 0 amide bonds. The zero-order chi connectivity index (χ0) is 24.2. The fourth-order valence-electron chi connectivity index (χ4n) is 3.80. The van der Waals surface area contributed by atoms with E-state index in [0.29, 0.717) is 34.2 Å². The van der Waals surface area contributed by atoms with E-state index in [0.717, 1.165) is 32.3 Å². The number of rotatable bonds is 8. The summed E-state index contributed by atoms with van der Waals surface area (Å²) in [7, 11) is 0. The average Bonchev–Trinajstić information content (AvgIpc) is 3.38. The van der Waals surface area contributed by atoms with Gasteiger partial charge in [0.05, 0.1) is 5.02 Å². The van der Waals surface area contributed by atoms with E-state index in [-0.39, 0.29) is 13.2 Å². The van der Waals surface area contributed by atoms with Crippen molar-refractivity contribution in [2.24, 2.45) is 5.73 Å². The fourth-order valence-corrected chi connectivity index (χ4v) is 4.65. The zero-order valence-corrected chi connectivity index (χ0v) is 20.9. The Hall–Kier alpha value is -3.39. The Morgan fingerprint density at radius 2 is 1.54 bits per heavy atom. The zero-order valence-electron chi connectivity index (χ0n) is 18.6. The second-order valence-electron chi connectivity index (χ2n) is 7.87. The van der Waals surface area contributed by atoms with Crippen LogP contribution in [0.2, 0.25) is 5.02 Å². The number of fused-ring (bicyclic) bond motifs is 1. The van der Waals surface area contributed by atoms with Crippen LogP contribution in [0.5, 0.6) is 11.5 Å². The van der Waals surface area contributed by atoms with Gasteiger partial charge in [-0.2, -0.15) is 0 Å². The van der Waals surface area contributed by atoms with Crippen LogP contribution in [0.4, 0.5) is 0 Å². The second-order valence-corrected chi connectivity index (χ2v) is 9.07. The summed E-state index contributed by atoms with van der Waals surface area (Å²) in [5.41, 5.74) is 12.1. The van der Waals surface area contributed by atoms with Crippen molar-refractivity contribution in [3.63, 3.8) is 0 Å². The summed E-state index contributed by atoms with van der Waals surface area (Å²) in [4.78, 5) is 0. The molecule has 0 unspecified atom stereocenters. The lowest BCUT2D eigenvalue weighted by molar-refractivity contribution is 0.287. The molecule has 0 saturated heterocycles. The molecule has 1 heterocycles. The summed E-state index contributed by atoms with van der Waals surface area (Å²) < 4.78 is 18.0. The minimum absolute atomic E-state index is 0.268. The highest BCUT2D eigenvalue weighted by Gasteiger charge is 2.14. The first-order valence-corrected chi connectivity index (χ1v) is 12.1. The molecule has 0 fully saturated rings. The van der Waals surface area contributed by atoms with E-state index < -0.39 is 0 Å². The van der Waals surface area contributed by atoms with Gasteiger partial charge < -0.3 is 15.2 Å². The van der Waals surface area contributed by atoms with Gasteiger partial charge in [0.1, 0.15) is 35.7 Å². The summed E-state index contributed by atoms with van der Waals surface area (Å²) in [5.74, 6) is 1.11. The smallest absolute Gasteiger partial charge is 0.142 e. The Kier molecular flexibility index (Phi) is 6.99. The van der Waals surface area contributed by atoms with E-state index in [9.17, 15) is 0 Å². The number of benzene rings is 4. The second kappa shape index (κ2) is 10.5. The Balaban J connectivity index is 1.36. The quantitative estimate of drug-likeness (QED) is 0.226. The van der Waals surface area contributed by atoms with E-state index in [1.165, 1.54) is 0 Å². The van der Waals surface area contributed by atoms with Crippen molar-refractivity contribution in [2.75, 3.05) is 0 Å². The maximum absolute atomic E-state index is 6.52. The largest absolute Gasteiger partial charge is 0.488 e. The van der Waals surface area contributed by atoms with Crippen molar-refractivity contribution in [1.29, 1.82) is 0 Å². The molecule has 35 heavy (non-hydrogen) atoms. The molecule has 8 heteroatoms.